The van der Waals surface area contributed by atoms with Gasteiger partial charge in [0.1, 0.15) is 11.9 Å². The van der Waals surface area contributed by atoms with E-state index in [-0.39, 0.29) is 49.0 Å². The molecule has 2 aromatic rings. The standard InChI is InChI=1S/C29H39N5O6/c1-3-39-22(35)14-13-21(27(38)40-4-2)31-25(36)19-11-9-18(10-12-19)7-5-15-29-16-6-8-20(17-29)23-24(34-29)32-28(30)33-26(23)37/h9-12,20-21H,3-8,13-17H2,1-2H3,(H,31,36)(H4,30,32,33,34,37). The third-order valence-corrected chi connectivity index (χ3v) is 7.77. The molecule has 5 N–H and O–H groups in total. The Bertz CT molecular complexity index is 1280. The zero-order valence-electron chi connectivity index (χ0n) is 23.2. The molecule has 3 unspecified atom stereocenters. The van der Waals surface area contributed by atoms with Crippen LogP contribution in [0.4, 0.5) is 11.8 Å². The Morgan fingerprint density at radius 1 is 1.18 bits per heavy atom. The Balaban J connectivity index is 1.33. The number of amides is 1. The maximum absolute atomic E-state index is 12.9. The number of carbonyl (C=O) groups excluding carboxylic acids is 3. The summed E-state index contributed by atoms with van der Waals surface area (Å²) in [7, 11) is 0. The molecular formula is C29H39N5O6. The van der Waals surface area contributed by atoms with Crippen molar-refractivity contribution in [3.63, 3.8) is 0 Å². The van der Waals surface area contributed by atoms with Gasteiger partial charge in [0.2, 0.25) is 5.95 Å². The molecule has 3 atom stereocenters. The number of anilines is 2. The van der Waals surface area contributed by atoms with Crippen LogP contribution in [0.25, 0.3) is 0 Å². The minimum absolute atomic E-state index is 0.000831. The lowest BCUT2D eigenvalue weighted by Gasteiger charge is -2.46. The molecule has 1 saturated carbocycles. The van der Waals surface area contributed by atoms with E-state index in [0.717, 1.165) is 56.1 Å². The Labute approximate surface area is 233 Å². The lowest BCUT2D eigenvalue weighted by molar-refractivity contribution is -0.146. The Hall–Kier alpha value is -3.89. The van der Waals surface area contributed by atoms with Crippen LogP contribution in [0.2, 0.25) is 0 Å². The predicted molar refractivity (Wildman–Crippen MR) is 150 cm³/mol. The number of nitrogens with one attached hydrogen (secondary N) is 3. The van der Waals surface area contributed by atoms with Gasteiger partial charge in [0, 0.05) is 17.5 Å². The van der Waals surface area contributed by atoms with E-state index in [1.165, 1.54) is 0 Å². The van der Waals surface area contributed by atoms with E-state index in [1.54, 1.807) is 26.0 Å². The predicted octanol–water partition coefficient (Wildman–Crippen LogP) is 3.20. The minimum atomic E-state index is -0.941. The van der Waals surface area contributed by atoms with Crippen molar-refractivity contribution in [3.05, 3.63) is 51.3 Å². The van der Waals surface area contributed by atoms with Gasteiger partial charge in [-0.3, -0.25) is 19.4 Å². The van der Waals surface area contributed by atoms with E-state index in [1.807, 2.05) is 12.1 Å². The molecule has 0 saturated heterocycles. The smallest absolute Gasteiger partial charge is 0.328 e. The molecule has 0 spiro atoms. The number of carbonyl (C=O) groups is 3. The summed E-state index contributed by atoms with van der Waals surface area (Å²) < 4.78 is 9.99. The van der Waals surface area contributed by atoms with Gasteiger partial charge >= 0.3 is 11.9 Å². The molecule has 11 heteroatoms. The Morgan fingerprint density at radius 2 is 1.93 bits per heavy atom. The van der Waals surface area contributed by atoms with Crippen LogP contribution in [0.3, 0.4) is 0 Å². The zero-order valence-corrected chi connectivity index (χ0v) is 23.2. The molecule has 2 bridgehead atoms. The summed E-state index contributed by atoms with van der Waals surface area (Å²) in [6, 6.07) is 6.37. The van der Waals surface area contributed by atoms with Crippen LogP contribution in [-0.2, 0) is 25.5 Å². The topological polar surface area (TPSA) is 165 Å². The van der Waals surface area contributed by atoms with E-state index in [9.17, 15) is 19.2 Å². The van der Waals surface area contributed by atoms with Crippen LogP contribution >= 0.6 is 0 Å². The molecule has 0 radical (unpaired) electrons. The SMILES string of the molecule is CCOC(=O)CCC(NC(=O)c1ccc(CCCC23CCCC(C2)c2c(nc(N)[nH]c2=O)N3)cc1)C(=O)OCC. The molecule has 216 valence electrons. The average Bonchev–Trinajstić information content (AvgIpc) is 2.91. The third-order valence-electron chi connectivity index (χ3n) is 7.77. The number of hydrogen-bond acceptors (Lipinski definition) is 9. The first kappa shape index (κ1) is 29.1. The molecule has 11 nitrogen and oxygen atoms in total. The fourth-order valence-corrected chi connectivity index (χ4v) is 5.92. The number of nitrogens with zero attached hydrogens (tertiary/aromatic N) is 1. The van der Waals surface area contributed by atoms with Gasteiger partial charge in [0.15, 0.2) is 0 Å². The molecule has 40 heavy (non-hydrogen) atoms. The lowest BCUT2D eigenvalue weighted by atomic mass is 9.68. The fourth-order valence-electron chi connectivity index (χ4n) is 5.92. The molecule has 1 aliphatic heterocycles. The van der Waals surface area contributed by atoms with Gasteiger partial charge in [0.05, 0.1) is 18.8 Å². The van der Waals surface area contributed by atoms with Crippen LogP contribution in [0.1, 0.15) is 92.6 Å². The second-order valence-corrected chi connectivity index (χ2v) is 10.6. The van der Waals surface area contributed by atoms with Crippen molar-refractivity contribution in [2.24, 2.45) is 0 Å². The molecule has 1 aliphatic carbocycles. The largest absolute Gasteiger partial charge is 0.466 e. The van der Waals surface area contributed by atoms with Gasteiger partial charge in [-0.1, -0.05) is 18.6 Å². The fraction of sp³-hybridized carbons (Fsp3) is 0.552. The highest BCUT2D eigenvalue weighted by atomic mass is 16.5. The highest BCUT2D eigenvalue weighted by molar-refractivity contribution is 5.96. The second kappa shape index (κ2) is 13.0. The summed E-state index contributed by atoms with van der Waals surface area (Å²) >= 11 is 0. The van der Waals surface area contributed by atoms with Crippen LogP contribution < -0.4 is 21.9 Å². The Kier molecular flexibility index (Phi) is 9.44. The molecule has 2 heterocycles. The van der Waals surface area contributed by atoms with Crippen molar-refractivity contribution in [3.8, 4) is 0 Å². The molecule has 1 fully saturated rings. The van der Waals surface area contributed by atoms with Gasteiger partial charge < -0.3 is 25.8 Å². The van der Waals surface area contributed by atoms with Crippen LogP contribution in [0.5, 0.6) is 0 Å². The average molecular weight is 554 g/mol. The highest BCUT2D eigenvalue weighted by Gasteiger charge is 2.43. The number of benzene rings is 1. The first-order valence-corrected chi connectivity index (χ1v) is 14.1. The van der Waals surface area contributed by atoms with Crippen LogP contribution in [0, 0.1) is 0 Å². The van der Waals surface area contributed by atoms with Crippen molar-refractivity contribution in [2.75, 3.05) is 24.3 Å². The summed E-state index contributed by atoms with van der Waals surface area (Å²) in [5.74, 6) is -0.482. The highest BCUT2D eigenvalue weighted by Crippen LogP contribution is 2.47. The maximum atomic E-state index is 12.9. The number of fused-ring (bicyclic) bond motifs is 4. The van der Waals surface area contributed by atoms with Gasteiger partial charge in [0.25, 0.3) is 11.5 Å². The van der Waals surface area contributed by atoms with Gasteiger partial charge in [-0.25, -0.2) is 4.79 Å². The molecular weight excluding hydrogens is 514 g/mol. The number of H-pyrrole nitrogens is 1. The molecule has 2 aliphatic rings. The number of esters is 2. The quantitative estimate of drug-likeness (QED) is 0.289. The van der Waals surface area contributed by atoms with Crippen molar-refractivity contribution >= 4 is 29.6 Å². The van der Waals surface area contributed by atoms with Gasteiger partial charge in [-0.2, -0.15) is 4.98 Å². The van der Waals surface area contributed by atoms with Crippen LogP contribution in [0.15, 0.2) is 29.1 Å². The molecule has 1 aromatic heterocycles. The van der Waals surface area contributed by atoms with Crippen molar-refractivity contribution in [1.29, 1.82) is 0 Å². The van der Waals surface area contributed by atoms with E-state index >= 15 is 0 Å². The van der Waals surface area contributed by atoms with E-state index < -0.39 is 23.9 Å². The molecule has 4 rings (SSSR count). The maximum Gasteiger partial charge on any atom is 0.328 e. The first-order chi connectivity index (χ1) is 19.2. The Morgan fingerprint density at radius 3 is 2.65 bits per heavy atom. The number of aromatic amines is 1. The van der Waals surface area contributed by atoms with E-state index in [0.29, 0.717) is 11.4 Å². The number of ether oxygens (including phenoxy) is 2. The summed E-state index contributed by atoms with van der Waals surface area (Å²) in [5.41, 5.74) is 7.80. The summed E-state index contributed by atoms with van der Waals surface area (Å²) in [5, 5.41) is 6.25. The lowest BCUT2D eigenvalue weighted by Crippen LogP contribution is -2.48. The van der Waals surface area contributed by atoms with Gasteiger partial charge in [-0.05, 0) is 82.4 Å². The summed E-state index contributed by atoms with van der Waals surface area (Å²) in [4.78, 5) is 56.4. The zero-order chi connectivity index (χ0) is 28.7. The number of nitrogens with two attached hydrogens (primary N) is 1. The van der Waals surface area contributed by atoms with Crippen molar-refractivity contribution < 1.29 is 23.9 Å². The van der Waals surface area contributed by atoms with E-state index in [4.69, 9.17) is 15.2 Å². The number of aromatic nitrogens is 2. The normalized spacial score (nSPS) is 20.0. The number of hydrogen-bond donors (Lipinski definition) is 4. The minimum Gasteiger partial charge on any atom is -0.466 e. The van der Waals surface area contributed by atoms with Crippen LogP contribution in [-0.4, -0.2) is 52.6 Å². The number of aryl methyl sites for hydroxylation is 1. The second-order valence-electron chi connectivity index (χ2n) is 10.6. The van der Waals surface area contributed by atoms with E-state index in [2.05, 4.69) is 20.6 Å². The van der Waals surface area contributed by atoms with Gasteiger partial charge in [-0.15, -0.1) is 0 Å². The molecule has 1 amide bonds. The number of nitrogen functional groups attached to an aromatic ring is 1. The number of rotatable bonds is 12. The van der Waals surface area contributed by atoms with Crippen molar-refractivity contribution in [1.82, 2.24) is 15.3 Å². The third kappa shape index (κ3) is 7.00. The van der Waals surface area contributed by atoms with Crippen molar-refractivity contribution in [2.45, 2.75) is 89.1 Å². The summed E-state index contributed by atoms with van der Waals surface area (Å²) in [6.45, 7) is 3.82. The first-order valence-electron chi connectivity index (χ1n) is 14.1. The summed E-state index contributed by atoms with van der Waals surface area (Å²) in [6.07, 6.45) is 6.75. The monoisotopic (exact) mass is 553 g/mol. The molecule has 1 aromatic carbocycles.